The normalized spacial score (nSPS) is 11.0. The summed E-state index contributed by atoms with van der Waals surface area (Å²) in [5, 5.41) is 1.35. The molecule has 0 spiro atoms. The van der Waals surface area contributed by atoms with Crippen molar-refractivity contribution in [1.29, 1.82) is 0 Å². The molecular formula is C19H14ClN3O2. The van der Waals surface area contributed by atoms with Gasteiger partial charge in [0.25, 0.3) is 0 Å². The molecule has 25 heavy (non-hydrogen) atoms. The van der Waals surface area contributed by atoms with Gasteiger partial charge in [-0.05, 0) is 42.0 Å². The summed E-state index contributed by atoms with van der Waals surface area (Å²) in [5.74, 6) is 1.82. The molecule has 4 rings (SSSR count). The summed E-state index contributed by atoms with van der Waals surface area (Å²) >= 11 is 6.01. The van der Waals surface area contributed by atoms with Gasteiger partial charge in [0.2, 0.25) is 5.71 Å². The zero-order valence-corrected chi connectivity index (χ0v) is 14.1. The SMILES string of the molecule is COc1ccc(-c2c(-c3ccc(Cl)cc3)oc3ncnc(N)c23)cc1. The second-order valence-electron chi connectivity index (χ2n) is 5.48. The summed E-state index contributed by atoms with van der Waals surface area (Å²) < 4.78 is 11.2. The maximum absolute atomic E-state index is 6.11. The fourth-order valence-electron chi connectivity index (χ4n) is 2.79. The molecule has 0 atom stereocenters. The van der Waals surface area contributed by atoms with E-state index in [1.165, 1.54) is 6.33 Å². The standard InChI is InChI=1S/C19H14ClN3O2/c1-24-14-8-4-11(5-9-14)15-16-18(21)22-10-23-19(16)25-17(15)12-2-6-13(20)7-3-12/h2-10H,1H3,(H2,21,22,23). The van der Waals surface area contributed by atoms with Crippen LogP contribution in [0.2, 0.25) is 5.02 Å². The van der Waals surface area contributed by atoms with E-state index in [4.69, 9.17) is 26.5 Å². The van der Waals surface area contributed by atoms with Crippen molar-refractivity contribution in [2.24, 2.45) is 0 Å². The van der Waals surface area contributed by atoms with Gasteiger partial charge < -0.3 is 14.9 Å². The molecule has 2 N–H and O–H groups in total. The average molecular weight is 352 g/mol. The highest BCUT2D eigenvalue weighted by atomic mass is 35.5. The van der Waals surface area contributed by atoms with Crippen LogP contribution in [0.15, 0.2) is 59.3 Å². The van der Waals surface area contributed by atoms with E-state index >= 15 is 0 Å². The first kappa shape index (κ1) is 15.5. The van der Waals surface area contributed by atoms with Crippen LogP contribution < -0.4 is 10.5 Å². The number of methoxy groups -OCH3 is 1. The number of benzene rings is 2. The predicted molar refractivity (Wildman–Crippen MR) is 98.7 cm³/mol. The van der Waals surface area contributed by atoms with Crippen molar-refractivity contribution < 1.29 is 9.15 Å². The van der Waals surface area contributed by atoms with Crippen LogP contribution in [0.5, 0.6) is 5.75 Å². The fourth-order valence-corrected chi connectivity index (χ4v) is 2.92. The Kier molecular flexibility index (Phi) is 3.78. The summed E-state index contributed by atoms with van der Waals surface area (Å²) in [6, 6.07) is 15.1. The van der Waals surface area contributed by atoms with E-state index in [0.29, 0.717) is 27.7 Å². The number of rotatable bonds is 3. The second-order valence-corrected chi connectivity index (χ2v) is 5.92. The zero-order chi connectivity index (χ0) is 17.4. The van der Waals surface area contributed by atoms with Gasteiger partial charge in [0.1, 0.15) is 23.7 Å². The zero-order valence-electron chi connectivity index (χ0n) is 13.4. The van der Waals surface area contributed by atoms with E-state index in [2.05, 4.69) is 9.97 Å². The summed E-state index contributed by atoms with van der Waals surface area (Å²) in [5.41, 5.74) is 9.22. The van der Waals surface area contributed by atoms with Gasteiger partial charge in [0.15, 0.2) is 0 Å². The van der Waals surface area contributed by atoms with Crippen molar-refractivity contribution in [1.82, 2.24) is 9.97 Å². The Morgan fingerprint density at radius 2 is 1.64 bits per heavy atom. The van der Waals surface area contributed by atoms with Crippen LogP contribution in [0.25, 0.3) is 33.6 Å². The molecule has 4 aromatic rings. The Morgan fingerprint density at radius 3 is 2.32 bits per heavy atom. The maximum atomic E-state index is 6.11. The Hall–Kier alpha value is -3.05. The summed E-state index contributed by atoms with van der Waals surface area (Å²) in [4.78, 5) is 8.33. The van der Waals surface area contributed by atoms with Crippen molar-refractivity contribution in [2.75, 3.05) is 12.8 Å². The van der Waals surface area contributed by atoms with Gasteiger partial charge in [0, 0.05) is 16.1 Å². The molecule has 0 aliphatic carbocycles. The third kappa shape index (κ3) is 2.68. The monoisotopic (exact) mass is 351 g/mol. The van der Waals surface area contributed by atoms with Crippen LogP contribution in [-0.4, -0.2) is 17.1 Å². The van der Waals surface area contributed by atoms with E-state index in [1.54, 1.807) is 7.11 Å². The molecule has 0 radical (unpaired) electrons. The Balaban J connectivity index is 2.01. The van der Waals surface area contributed by atoms with E-state index in [9.17, 15) is 0 Å². The molecular weight excluding hydrogens is 338 g/mol. The number of aromatic nitrogens is 2. The number of halogens is 1. The third-order valence-electron chi connectivity index (χ3n) is 4.00. The maximum Gasteiger partial charge on any atom is 0.232 e. The second kappa shape index (κ2) is 6.11. The van der Waals surface area contributed by atoms with E-state index < -0.39 is 0 Å². The van der Waals surface area contributed by atoms with Crippen molar-refractivity contribution in [3.05, 3.63) is 59.9 Å². The Labute approximate surface area is 149 Å². The minimum absolute atomic E-state index is 0.375. The molecule has 0 saturated heterocycles. The topological polar surface area (TPSA) is 74.2 Å². The van der Waals surface area contributed by atoms with Crippen LogP contribution in [0.4, 0.5) is 5.82 Å². The highest BCUT2D eigenvalue weighted by molar-refractivity contribution is 6.30. The average Bonchev–Trinajstić information content (AvgIpc) is 3.03. The number of anilines is 1. The number of nitrogens with zero attached hydrogens (tertiary/aromatic N) is 2. The first-order valence-corrected chi connectivity index (χ1v) is 7.98. The van der Waals surface area contributed by atoms with Gasteiger partial charge in [-0.1, -0.05) is 23.7 Å². The molecule has 0 saturated carbocycles. The lowest BCUT2D eigenvalue weighted by Gasteiger charge is -2.06. The van der Waals surface area contributed by atoms with Gasteiger partial charge in [-0.2, -0.15) is 0 Å². The van der Waals surface area contributed by atoms with Crippen LogP contribution in [0.3, 0.4) is 0 Å². The summed E-state index contributed by atoms with van der Waals surface area (Å²) in [6.07, 6.45) is 1.39. The Bertz CT molecular complexity index is 1040. The fraction of sp³-hybridized carbons (Fsp3) is 0.0526. The molecule has 0 aliphatic heterocycles. The van der Waals surface area contributed by atoms with Gasteiger partial charge >= 0.3 is 0 Å². The smallest absolute Gasteiger partial charge is 0.232 e. The lowest BCUT2D eigenvalue weighted by Crippen LogP contribution is -1.92. The first-order chi connectivity index (χ1) is 12.2. The molecule has 6 heteroatoms. The first-order valence-electron chi connectivity index (χ1n) is 7.60. The number of nitrogens with two attached hydrogens (primary N) is 1. The Morgan fingerprint density at radius 1 is 0.960 bits per heavy atom. The molecule has 0 aliphatic rings. The highest BCUT2D eigenvalue weighted by Gasteiger charge is 2.21. The van der Waals surface area contributed by atoms with Gasteiger partial charge in [0.05, 0.1) is 12.5 Å². The van der Waals surface area contributed by atoms with Crippen molar-refractivity contribution in [3.8, 4) is 28.2 Å². The van der Waals surface area contributed by atoms with E-state index in [-0.39, 0.29) is 0 Å². The van der Waals surface area contributed by atoms with Crippen molar-refractivity contribution in [3.63, 3.8) is 0 Å². The number of furan rings is 1. The molecule has 0 amide bonds. The molecule has 5 nitrogen and oxygen atoms in total. The van der Waals surface area contributed by atoms with Crippen molar-refractivity contribution >= 4 is 28.5 Å². The summed E-state index contributed by atoms with van der Waals surface area (Å²) in [7, 11) is 1.63. The number of hydrogen-bond donors (Lipinski definition) is 1. The molecule has 0 fully saturated rings. The van der Waals surface area contributed by atoms with Crippen LogP contribution in [0.1, 0.15) is 0 Å². The number of hydrogen-bond acceptors (Lipinski definition) is 5. The van der Waals surface area contributed by atoms with Gasteiger partial charge in [-0.3, -0.25) is 0 Å². The van der Waals surface area contributed by atoms with E-state index in [1.807, 2.05) is 48.5 Å². The quantitative estimate of drug-likeness (QED) is 0.573. The van der Waals surface area contributed by atoms with Crippen LogP contribution in [-0.2, 0) is 0 Å². The molecule has 2 aromatic heterocycles. The third-order valence-corrected chi connectivity index (χ3v) is 4.25. The molecule has 0 bridgehead atoms. The molecule has 124 valence electrons. The van der Waals surface area contributed by atoms with Crippen molar-refractivity contribution in [2.45, 2.75) is 0 Å². The summed E-state index contributed by atoms with van der Waals surface area (Å²) in [6.45, 7) is 0. The minimum atomic E-state index is 0.375. The van der Waals surface area contributed by atoms with E-state index in [0.717, 1.165) is 22.4 Å². The molecule has 0 unspecified atom stereocenters. The lowest BCUT2D eigenvalue weighted by atomic mass is 9.99. The number of fused-ring (bicyclic) bond motifs is 1. The molecule has 2 heterocycles. The molecule has 2 aromatic carbocycles. The van der Waals surface area contributed by atoms with Gasteiger partial charge in [-0.15, -0.1) is 0 Å². The lowest BCUT2D eigenvalue weighted by molar-refractivity contribution is 0.415. The predicted octanol–water partition coefficient (Wildman–Crippen LogP) is 4.80. The minimum Gasteiger partial charge on any atom is -0.497 e. The highest BCUT2D eigenvalue weighted by Crippen LogP contribution is 2.42. The number of nitrogen functional groups attached to an aromatic ring is 1. The van der Waals surface area contributed by atoms with Crippen LogP contribution >= 0.6 is 11.6 Å². The van der Waals surface area contributed by atoms with Gasteiger partial charge in [-0.25, -0.2) is 9.97 Å². The largest absolute Gasteiger partial charge is 0.497 e. The number of ether oxygens (including phenoxy) is 1. The van der Waals surface area contributed by atoms with Crippen LogP contribution in [0, 0.1) is 0 Å².